The number of anilines is 1. The second kappa shape index (κ2) is 7.03. The maximum Gasteiger partial charge on any atom is 0.252 e. The van der Waals surface area contributed by atoms with Crippen LogP contribution in [0.2, 0.25) is 0 Å². The van der Waals surface area contributed by atoms with Gasteiger partial charge < -0.3 is 19.4 Å². The van der Waals surface area contributed by atoms with E-state index < -0.39 is 0 Å². The molecule has 6 nitrogen and oxygen atoms in total. The highest BCUT2D eigenvalue weighted by Gasteiger charge is 2.08. The maximum atomic E-state index is 11.4. The molecule has 6 heteroatoms. The molecule has 96 valence electrons. The number of hydrogen-bond donors (Lipinski definition) is 1. The van der Waals surface area contributed by atoms with Crippen LogP contribution in [0, 0.1) is 6.92 Å². The second-order valence-corrected chi connectivity index (χ2v) is 3.66. The van der Waals surface area contributed by atoms with Gasteiger partial charge in [0, 0.05) is 33.4 Å². The minimum absolute atomic E-state index is 0.146. The van der Waals surface area contributed by atoms with Crippen molar-refractivity contribution in [1.29, 1.82) is 0 Å². The lowest BCUT2D eigenvalue weighted by Crippen LogP contribution is -2.32. The third kappa shape index (κ3) is 4.54. The van der Waals surface area contributed by atoms with Crippen LogP contribution in [-0.4, -0.2) is 50.5 Å². The van der Waals surface area contributed by atoms with Crippen LogP contribution in [-0.2, 0) is 9.47 Å². The molecule has 0 saturated carbocycles. The highest BCUT2D eigenvalue weighted by Crippen LogP contribution is 2.07. The van der Waals surface area contributed by atoms with Gasteiger partial charge in [-0.15, -0.1) is 0 Å². The number of nitrogens with one attached hydrogen (secondary N) is 1. The Hall–Kier alpha value is -1.40. The molecule has 1 aromatic rings. The van der Waals surface area contributed by atoms with Gasteiger partial charge in [-0.05, 0) is 6.92 Å². The largest absolute Gasteiger partial charge is 0.383 e. The normalized spacial score (nSPS) is 10.5. The van der Waals surface area contributed by atoms with Gasteiger partial charge in [-0.1, -0.05) is 0 Å². The molecular weight excluding hydrogens is 222 g/mol. The smallest absolute Gasteiger partial charge is 0.252 e. The van der Waals surface area contributed by atoms with E-state index in [1.807, 2.05) is 4.90 Å². The first-order valence-corrected chi connectivity index (χ1v) is 5.48. The minimum Gasteiger partial charge on any atom is -0.383 e. The summed E-state index contributed by atoms with van der Waals surface area (Å²) in [7, 11) is 3.29. The maximum absolute atomic E-state index is 11.4. The van der Waals surface area contributed by atoms with Crippen molar-refractivity contribution in [3.63, 3.8) is 0 Å². The van der Waals surface area contributed by atoms with Gasteiger partial charge in [-0.3, -0.25) is 4.79 Å². The fourth-order valence-corrected chi connectivity index (χ4v) is 1.47. The number of hydrogen-bond acceptors (Lipinski definition) is 5. The summed E-state index contributed by atoms with van der Waals surface area (Å²) in [5.74, 6) is 1.26. The van der Waals surface area contributed by atoms with E-state index >= 15 is 0 Å². The first-order valence-electron chi connectivity index (χ1n) is 5.48. The molecule has 0 amide bonds. The Kier molecular flexibility index (Phi) is 5.65. The van der Waals surface area contributed by atoms with E-state index in [0.717, 1.165) is 0 Å². The molecule has 0 aliphatic carbocycles. The lowest BCUT2D eigenvalue weighted by atomic mass is 10.4. The van der Waals surface area contributed by atoms with E-state index in [1.165, 1.54) is 6.07 Å². The fourth-order valence-electron chi connectivity index (χ4n) is 1.47. The molecule has 0 radical (unpaired) electrons. The van der Waals surface area contributed by atoms with E-state index in [0.29, 0.717) is 37.9 Å². The van der Waals surface area contributed by atoms with Crippen LogP contribution in [0.5, 0.6) is 0 Å². The van der Waals surface area contributed by atoms with Crippen molar-refractivity contribution >= 4 is 5.82 Å². The quantitative estimate of drug-likeness (QED) is 0.737. The van der Waals surface area contributed by atoms with Crippen LogP contribution in [0.4, 0.5) is 5.82 Å². The zero-order chi connectivity index (χ0) is 12.7. The first kappa shape index (κ1) is 13.7. The van der Waals surface area contributed by atoms with Crippen molar-refractivity contribution in [2.24, 2.45) is 0 Å². The van der Waals surface area contributed by atoms with Gasteiger partial charge in [0.2, 0.25) is 0 Å². The van der Waals surface area contributed by atoms with Crippen LogP contribution in [0.3, 0.4) is 0 Å². The number of ether oxygens (including phenoxy) is 2. The van der Waals surface area contributed by atoms with Crippen molar-refractivity contribution < 1.29 is 9.47 Å². The topological polar surface area (TPSA) is 67.5 Å². The molecule has 0 aromatic carbocycles. The predicted octanol–water partition coefficient (Wildman–Crippen LogP) is 0.178. The zero-order valence-electron chi connectivity index (χ0n) is 10.5. The summed E-state index contributed by atoms with van der Waals surface area (Å²) in [5, 5.41) is 0. The van der Waals surface area contributed by atoms with Crippen LogP contribution < -0.4 is 10.5 Å². The monoisotopic (exact) mass is 241 g/mol. The molecule has 0 unspecified atom stereocenters. The SMILES string of the molecule is COCCN(CCOC)c1cc(=O)[nH]c(C)n1. The summed E-state index contributed by atoms with van der Waals surface area (Å²) in [6.45, 7) is 4.27. The molecule has 0 bridgehead atoms. The average Bonchev–Trinajstić information content (AvgIpc) is 2.28. The Morgan fingerprint density at radius 1 is 1.29 bits per heavy atom. The fraction of sp³-hybridized carbons (Fsp3) is 0.636. The van der Waals surface area contributed by atoms with E-state index in [-0.39, 0.29) is 5.56 Å². The third-order valence-corrected chi connectivity index (χ3v) is 2.30. The van der Waals surface area contributed by atoms with Gasteiger partial charge in [0.25, 0.3) is 5.56 Å². The van der Waals surface area contributed by atoms with Gasteiger partial charge in [-0.25, -0.2) is 4.98 Å². The molecule has 0 aliphatic heterocycles. The summed E-state index contributed by atoms with van der Waals surface area (Å²) in [5.41, 5.74) is -0.146. The van der Waals surface area contributed by atoms with Crippen LogP contribution in [0.15, 0.2) is 10.9 Å². The molecule has 0 spiro atoms. The van der Waals surface area contributed by atoms with Crippen molar-refractivity contribution in [3.8, 4) is 0 Å². The molecule has 1 aromatic heterocycles. The highest BCUT2D eigenvalue weighted by atomic mass is 16.5. The number of aromatic amines is 1. The second-order valence-electron chi connectivity index (χ2n) is 3.66. The predicted molar refractivity (Wildman–Crippen MR) is 65.6 cm³/mol. The summed E-state index contributed by atoms with van der Waals surface area (Å²) >= 11 is 0. The molecule has 0 fully saturated rings. The third-order valence-electron chi connectivity index (χ3n) is 2.30. The van der Waals surface area contributed by atoms with E-state index in [1.54, 1.807) is 21.1 Å². The van der Waals surface area contributed by atoms with Crippen LogP contribution >= 0.6 is 0 Å². The lowest BCUT2D eigenvalue weighted by molar-refractivity contribution is 0.190. The molecule has 0 atom stereocenters. The Bertz CT molecular complexity index is 384. The Labute approximate surface area is 101 Å². The number of methoxy groups -OCH3 is 2. The van der Waals surface area contributed by atoms with Gasteiger partial charge in [0.05, 0.1) is 13.2 Å². The lowest BCUT2D eigenvalue weighted by Gasteiger charge is -2.22. The molecule has 1 rings (SSSR count). The Balaban J connectivity index is 2.82. The zero-order valence-corrected chi connectivity index (χ0v) is 10.5. The number of aryl methyl sites for hydroxylation is 1. The summed E-state index contributed by atoms with van der Waals surface area (Å²) in [4.78, 5) is 20.3. The summed E-state index contributed by atoms with van der Waals surface area (Å²) in [6.07, 6.45) is 0. The Morgan fingerprint density at radius 3 is 2.35 bits per heavy atom. The standard InChI is InChI=1S/C11H19N3O3/c1-9-12-10(8-11(15)13-9)14(4-6-16-2)5-7-17-3/h8H,4-7H2,1-3H3,(H,12,13,15). The van der Waals surface area contributed by atoms with Gasteiger partial charge in [-0.2, -0.15) is 0 Å². The summed E-state index contributed by atoms with van der Waals surface area (Å²) in [6, 6.07) is 1.48. The number of nitrogens with zero attached hydrogens (tertiary/aromatic N) is 2. The molecule has 0 aliphatic rings. The number of rotatable bonds is 7. The number of aromatic nitrogens is 2. The minimum atomic E-state index is -0.146. The van der Waals surface area contributed by atoms with E-state index in [2.05, 4.69) is 9.97 Å². The van der Waals surface area contributed by atoms with Crippen molar-refractivity contribution in [1.82, 2.24) is 9.97 Å². The molecule has 1 N–H and O–H groups in total. The van der Waals surface area contributed by atoms with E-state index in [4.69, 9.17) is 9.47 Å². The summed E-state index contributed by atoms with van der Waals surface area (Å²) < 4.78 is 10.1. The molecule has 17 heavy (non-hydrogen) atoms. The van der Waals surface area contributed by atoms with Gasteiger partial charge >= 0.3 is 0 Å². The highest BCUT2D eigenvalue weighted by molar-refractivity contribution is 5.37. The molecule has 1 heterocycles. The van der Waals surface area contributed by atoms with Crippen molar-refractivity contribution in [2.45, 2.75) is 6.92 Å². The first-order chi connectivity index (χ1) is 8.17. The number of H-pyrrole nitrogens is 1. The van der Waals surface area contributed by atoms with Gasteiger partial charge in [0.1, 0.15) is 11.6 Å². The van der Waals surface area contributed by atoms with Crippen molar-refractivity contribution in [3.05, 3.63) is 22.2 Å². The van der Waals surface area contributed by atoms with Gasteiger partial charge in [0.15, 0.2) is 0 Å². The van der Waals surface area contributed by atoms with Crippen LogP contribution in [0.25, 0.3) is 0 Å². The Morgan fingerprint density at radius 2 is 1.88 bits per heavy atom. The van der Waals surface area contributed by atoms with Crippen molar-refractivity contribution in [2.75, 3.05) is 45.4 Å². The molecular formula is C11H19N3O3. The molecule has 0 saturated heterocycles. The average molecular weight is 241 g/mol. The van der Waals surface area contributed by atoms with E-state index in [9.17, 15) is 4.79 Å². The van der Waals surface area contributed by atoms with Crippen LogP contribution in [0.1, 0.15) is 5.82 Å².